The van der Waals surface area contributed by atoms with E-state index in [0.29, 0.717) is 0 Å². The minimum absolute atomic E-state index is 0.286. The first kappa shape index (κ1) is 9.96. The zero-order valence-corrected chi connectivity index (χ0v) is 7.92. The van der Waals surface area contributed by atoms with Gasteiger partial charge in [-0.3, -0.25) is 0 Å². The van der Waals surface area contributed by atoms with Gasteiger partial charge in [-0.25, -0.2) is 0 Å². The van der Waals surface area contributed by atoms with Crippen molar-refractivity contribution in [2.45, 2.75) is 13.3 Å². The summed E-state index contributed by atoms with van der Waals surface area (Å²) in [5.41, 5.74) is 0. The molecule has 2 N–H and O–H groups in total. The lowest BCUT2D eigenvalue weighted by Crippen LogP contribution is -2.32. The van der Waals surface area contributed by atoms with Gasteiger partial charge in [0.1, 0.15) is 0 Å². The predicted octanol–water partition coefficient (Wildman–Crippen LogP) is -0.0899. The Kier molecular flexibility index (Phi) is 4.58. The molecule has 3 nitrogen and oxygen atoms in total. The lowest BCUT2D eigenvalue weighted by atomic mass is 10.1. The van der Waals surface area contributed by atoms with Crippen molar-refractivity contribution in [3.8, 4) is 0 Å². The maximum absolute atomic E-state index is 8.78. The molecule has 1 aliphatic heterocycles. The fourth-order valence-corrected chi connectivity index (χ4v) is 1.76. The maximum Gasteiger partial charge on any atom is 0.0558 e. The van der Waals surface area contributed by atoms with Crippen molar-refractivity contribution in [1.82, 2.24) is 10.2 Å². The molecule has 12 heavy (non-hydrogen) atoms. The number of rotatable bonds is 5. The van der Waals surface area contributed by atoms with Crippen molar-refractivity contribution in [2.75, 3.05) is 39.3 Å². The molecule has 3 heteroatoms. The molecule has 72 valence electrons. The largest absolute Gasteiger partial charge is 0.395 e. The van der Waals surface area contributed by atoms with Gasteiger partial charge in [0.05, 0.1) is 6.61 Å². The second-order valence-corrected chi connectivity index (χ2v) is 3.48. The highest BCUT2D eigenvalue weighted by Crippen LogP contribution is 2.08. The van der Waals surface area contributed by atoms with Crippen LogP contribution in [0.4, 0.5) is 0 Å². The van der Waals surface area contributed by atoms with Crippen molar-refractivity contribution in [3.05, 3.63) is 0 Å². The minimum Gasteiger partial charge on any atom is -0.395 e. The summed E-state index contributed by atoms with van der Waals surface area (Å²) in [6.45, 7) is 7.78. The Morgan fingerprint density at radius 1 is 1.58 bits per heavy atom. The van der Waals surface area contributed by atoms with Crippen LogP contribution < -0.4 is 5.32 Å². The lowest BCUT2D eigenvalue weighted by Gasteiger charge is -2.22. The third-order valence-electron chi connectivity index (χ3n) is 2.54. The van der Waals surface area contributed by atoms with Gasteiger partial charge >= 0.3 is 0 Å². The summed E-state index contributed by atoms with van der Waals surface area (Å²) in [6, 6.07) is 0. The molecule has 0 aliphatic carbocycles. The van der Waals surface area contributed by atoms with E-state index >= 15 is 0 Å². The van der Waals surface area contributed by atoms with Gasteiger partial charge in [0.2, 0.25) is 0 Å². The molecule has 1 heterocycles. The van der Waals surface area contributed by atoms with Crippen LogP contribution in [0.5, 0.6) is 0 Å². The van der Waals surface area contributed by atoms with Gasteiger partial charge in [-0.05, 0) is 32.0 Å². The van der Waals surface area contributed by atoms with Crippen molar-refractivity contribution < 1.29 is 5.11 Å². The van der Waals surface area contributed by atoms with Gasteiger partial charge in [-0.1, -0.05) is 6.92 Å². The van der Waals surface area contributed by atoms with E-state index in [4.69, 9.17) is 5.11 Å². The normalized spacial score (nSPS) is 23.8. The average Bonchev–Trinajstić information content (AvgIpc) is 2.56. The van der Waals surface area contributed by atoms with Crippen LogP contribution in [-0.4, -0.2) is 49.3 Å². The number of aliphatic hydroxyl groups is 1. The molecule has 0 spiro atoms. The van der Waals surface area contributed by atoms with Gasteiger partial charge in [0, 0.05) is 13.1 Å². The Morgan fingerprint density at radius 3 is 2.92 bits per heavy atom. The zero-order valence-electron chi connectivity index (χ0n) is 7.92. The summed E-state index contributed by atoms with van der Waals surface area (Å²) in [6.07, 6.45) is 1.29. The second-order valence-electron chi connectivity index (χ2n) is 3.48. The molecule has 0 radical (unpaired) electrons. The van der Waals surface area contributed by atoms with Gasteiger partial charge in [-0.2, -0.15) is 0 Å². The van der Waals surface area contributed by atoms with E-state index in [1.807, 2.05) is 0 Å². The molecular weight excluding hydrogens is 152 g/mol. The first-order valence-electron chi connectivity index (χ1n) is 4.90. The highest BCUT2D eigenvalue weighted by molar-refractivity contribution is 4.74. The average molecular weight is 172 g/mol. The molecule has 1 saturated heterocycles. The SMILES string of the molecule is CCN(CCO)C[C@H]1CCNC1. The Morgan fingerprint density at radius 2 is 2.42 bits per heavy atom. The smallest absolute Gasteiger partial charge is 0.0558 e. The molecule has 0 amide bonds. The van der Waals surface area contributed by atoms with Gasteiger partial charge < -0.3 is 15.3 Å². The van der Waals surface area contributed by atoms with E-state index in [1.165, 1.54) is 13.0 Å². The molecule has 1 rings (SSSR count). The maximum atomic E-state index is 8.78. The highest BCUT2D eigenvalue weighted by Gasteiger charge is 2.16. The Hall–Kier alpha value is -0.120. The third kappa shape index (κ3) is 3.09. The van der Waals surface area contributed by atoms with Crippen LogP contribution in [0.25, 0.3) is 0 Å². The van der Waals surface area contributed by atoms with E-state index in [9.17, 15) is 0 Å². The third-order valence-corrected chi connectivity index (χ3v) is 2.54. The van der Waals surface area contributed by atoms with Crippen LogP contribution in [0, 0.1) is 5.92 Å². The summed E-state index contributed by atoms with van der Waals surface area (Å²) in [4.78, 5) is 2.32. The van der Waals surface area contributed by atoms with Crippen LogP contribution in [0.2, 0.25) is 0 Å². The molecule has 0 aromatic rings. The van der Waals surface area contributed by atoms with Crippen LogP contribution in [-0.2, 0) is 0 Å². The standard InChI is InChI=1S/C9H20N2O/c1-2-11(5-6-12)8-9-3-4-10-7-9/h9-10,12H,2-8H2,1H3/t9-/m0/s1. The Bertz CT molecular complexity index is 113. The monoisotopic (exact) mass is 172 g/mol. The molecule has 0 unspecified atom stereocenters. The fourth-order valence-electron chi connectivity index (χ4n) is 1.76. The molecule has 1 aliphatic rings. The second kappa shape index (κ2) is 5.51. The quantitative estimate of drug-likeness (QED) is 0.608. The first-order valence-corrected chi connectivity index (χ1v) is 4.90. The summed E-state index contributed by atoms with van der Waals surface area (Å²) in [5.74, 6) is 0.802. The van der Waals surface area contributed by atoms with E-state index in [0.717, 1.165) is 32.1 Å². The zero-order chi connectivity index (χ0) is 8.81. The van der Waals surface area contributed by atoms with E-state index in [1.54, 1.807) is 0 Å². The van der Waals surface area contributed by atoms with Gasteiger partial charge in [0.15, 0.2) is 0 Å². The lowest BCUT2D eigenvalue weighted by molar-refractivity contribution is 0.184. The molecule has 0 aromatic heterocycles. The topological polar surface area (TPSA) is 35.5 Å². The number of aliphatic hydroxyl groups excluding tert-OH is 1. The number of nitrogens with zero attached hydrogens (tertiary/aromatic N) is 1. The van der Waals surface area contributed by atoms with Gasteiger partial charge in [-0.15, -0.1) is 0 Å². The summed E-state index contributed by atoms with van der Waals surface area (Å²) in [5, 5.41) is 12.1. The Labute approximate surface area is 74.8 Å². The fraction of sp³-hybridized carbons (Fsp3) is 1.00. The Balaban J connectivity index is 2.16. The van der Waals surface area contributed by atoms with Crippen LogP contribution in [0.3, 0.4) is 0 Å². The number of nitrogens with one attached hydrogen (secondary N) is 1. The van der Waals surface area contributed by atoms with Crippen LogP contribution in [0.1, 0.15) is 13.3 Å². The molecule has 0 saturated carbocycles. The number of likely N-dealkylation sites (N-methyl/N-ethyl adjacent to an activating group) is 1. The summed E-state index contributed by atoms with van der Waals surface area (Å²) < 4.78 is 0. The van der Waals surface area contributed by atoms with Crippen molar-refractivity contribution in [2.24, 2.45) is 5.92 Å². The predicted molar refractivity (Wildman–Crippen MR) is 50.2 cm³/mol. The summed E-state index contributed by atoms with van der Waals surface area (Å²) in [7, 11) is 0. The van der Waals surface area contributed by atoms with E-state index in [2.05, 4.69) is 17.1 Å². The van der Waals surface area contributed by atoms with Crippen molar-refractivity contribution >= 4 is 0 Å². The molecule has 0 aromatic carbocycles. The molecular formula is C9H20N2O. The molecule has 0 bridgehead atoms. The first-order chi connectivity index (χ1) is 5.86. The van der Waals surface area contributed by atoms with Gasteiger partial charge in [0.25, 0.3) is 0 Å². The molecule has 1 fully saturated rings. The highest BCUT2D eigenvalue weighted by atomic mass is 16.3. The van der Waals surface area contributed by atoms with Crippen LogP contribution >= 0.6 is 0 Å². The molecule has 1 atom stereocenters. The van der Waals surface area contributed by atoms with Crippen LogP contribution in [0.15, 0.2) is 0 Å². The number of hydrogen-bond donors (Lipinski definition) is 2. The van der Waals surface area contributed by atoms with E-state index < -0.39 is 0 Å². The van der Waals surface area contributed by atoms with E-state index in [-0.39, 0.29) is 6.61 Å². The van der Waals surface area contributed by atoms with Crippen molar-refractivity contribution in [3.63, 3.8) is 0 Å². The summed E-state index contributed by atoms with van der Waals surface area (Å²) >= 11 is 0. The minimum atomic E-state index is 0.286. The van der Waals surface area contributed by atoms with Crippen molar-refractivity contribution in [1.29, 1.82) is 0 Å². The number of hydrogen-bond acceptors (Lipinski definition) is 3.